The van der Waals surface area contributed by atoms with Gasteiger partial charge in [-0.3, -0.25) is 4.99 Å². The Balaban J connectivity index is 2.63. The number of aliphatic imine (C=N–C) groups is 1. The highest BCUT2D eigenvalue weighted by atomic mass is 15.1. The van der Waals surface area contributed by atoms with Gasteiger partial charge in [0.05, 0.1) is 12.9 Å². The molecule has 11 heavy (non-hydrogen) atoms. The van der Waals surface area contributed by atoms with Gasteiger partial charge in [0.1, 0.15) is 0 Å². The van der Waals surface area contributed by atoms with Gasteiger partial charge in [-0.2, -0.15) is 0 Å². The Kier molecular flexibility index (Phi) is 2.72. The molecule has 0 unspecified atom stereocenters. The van der Waals surface area contributed by atoms with Gasteiger partial charge < -0.3 is 10.6 Å². The molecule has 1 heterocycles. The van der Waals surface area contributed by atoms with Crippen LogP contribution in [0.5, 0.6) is 0 Å². The number of rotatable bonds is 0. The zero-order valence-corrected chi connectivity index (χ0v) is 6.70. The molecule has 3 heteroatoms. The van der Waals surface area contributed by atoms with E-state index in [1.54, 1.807) is 0 Å². The van der Waals surface area contributed by atoms with Gasteiger partial charge in [0.15, 0.2) is 0 Å². The van der Waals surface area contributed by atoms with E-state index in [4.69, 9.17) is 5.73 Å². The molecule has 0 saturated heterocycles. The first-order valence-corrected chi connectivity index (χ1v) is 3.61. The molecule has 3 nitrogen and oxygen atoms in total. The van der Waals surface area contributed by atoms with Crippen LogP contribution in [0.3, 0.4) is 0 Å². The lowest BCUT2D eigenvalue weighted by atomic mass is 10.3. The molecule has 0 radical (unpaired) electrons. The van der Waals surface area contributed by atoms with Gasteiger partial charge >= 0.3 is 0 Å². The van der Waals surface area contributed by atoms with Crippen molar-refractivity contribution in [2.75, 3.05) is 20.1 Å². The van der Waals surface area contributed by atoms with E-state index in [9.17, 15) is 0 Å². The summed E-state index contributed by atoms with van der Waals surface area (Å²) in [7, 11) is 1.98. The molecule has 1 rings (SSSR count). The summed E-state index contributed by atoms with van der Waals surface area (Å²) >= 11 is 0. The quantitative estimate of drug-likeness (QED) is 0.543. The SMILES string of the molecule is CN1C=NC/C=C(N)\C=C/C1. The van der Waals surface area contributed by atoms with Gasteiger partial charge in [-0.1, -0.05) is 6.08 Å². The average Bonchev–Trinajstić information content (AvgIpc) is 2.04. The molecule has 0 amide bonds. The molecule has 0 saturated carbocycles. The maximum Gasteiger partial charge on any atom is 0.0853 e. The normalized spacial score (nSPS) is 26.3. The third-order valence-electron chi connectivity index (χ3n) is 1.41. The summed E-state index contributed by atoms with van der Waals surface area (Å²) in [6.07, 6.45) is 7.64. The van der Waals surface area contributed by atoms with Crippen molar-refractivity contribution < 1.29 is 0 Å². The molecule has 1 aliphatic heterocycles. The minimum Gasteiger partial charge on any atom is -0.399 e. The van der Waals surface area contributed by atoms with Gasteiger partial charge in [-0.05, 0) is 12.2 Å². The van der Waals surface area contributed by atoms with Crippen LogP contribution in [0.15, 0.2) is 28.9 Å². The number of nitrogens with two attached hydrogens (primary N) is 1. The van der Waals surface area contributed by atoms with E-state index in [1.807, 2.05) is 36.5 Å². The number of hydrogen-bond acceptors (Lipinski definition) is 3. The average molecular weight is 151 g/mol. The lowest BCUT2D eigenvalue weighted by Gasteiger charge is -2.07. The molecular weight excluding hydrogens is 138 g/mol. The fourth-order valence-electron chi connectivity index (χ4n) is 0.815. The van der Waals surface area contributed by atoms with Crippen molar-refractivity contribution in [3.63, 3.8) is 0 Å². The Morgan fingerprint density at radius 2 is 2.45 bits per heavy atom. The standard InChI is InChI=1S/C8H13N3/c1-11-6-2-3-8(9)4-5-10-7-11/h2-4,7H,5-6,9H2,1H3/b3-2-,8-4+,10-7?. The van der Waals surface area contributed by atoms with Crippen molar-refractivity contribution in [1.82, 2.24) is 4.90 Å². The Hall–Kier alpha value is -1.25. The molecule has 0 aromatic carbocycles. The third kappa shape index (κ3) is 2.89. The molecule has 0 spiro atoms. The second-order valence-electron chi connectivity index (χ2n) is 2.53. The first-order valence-electron chi connectivity index (χ1n) is 3.61. The zero-order chi connectivity index (χ0) is 8.10. The second kappa shape index (κ2) is 3.81. The van der Waals surface area contributed by atoms with E-state index in [2.05, 4.69) is 4.99 Å². The monoisotopic (exact) mass is 151 g/mol. The van der Waals surface area contributed by atoms with Crippen molar-refractivity contribution in [3.05, 3.63) is 23.9 Å². The summed E-state index contributed by atoms with van der Waals surface area (Å²) < 4.78 is 0. The number of nitrogens with zero attached hydrogens (tertiary/aromatic N) is 2. The summed E-state index contributed by atoms with van der Waals surface area (Å²) in [5.41, 5.74) is 6.39. The highest BCUT2D eigenvalue weighted by Gasteiger charge is 1.89. The van der Waals surface area contributed by atoms with E-state index in [-0.39, 0.29) is 0 Å². The molecule has 60 valence electrons. The van der Waals surface area contributed by atoms with Crippen LogP contribution < -0.4 is 5.73 Å². The Labute approximate surface area is 66.9 Å². The van der Waals surface area contributed by atoms with Gasteiger partial charge in [0.2, 0.25) is 0 Å². The Bertz CT molecular complexity index is 203. The van der Waals surface area contributed by atoms with E-state index in [0.29, 0.717) is 6.54 Å². The van der Waals surface area contributed by atoms with Gasteiger partial charge in [0.25, 0.3) is 0 Å². The minimum atomic E-state index is 0.667. The second-order valence-corrected chi connectivity index (χ2v) is 2.53. The van der Waals surface area contributed by atoms with Crippen molar-refractivity contribution >= 4 is 6.34 Å². The summed E-state index contributed by atoms with van der Waals surface area (Å²) in [6, 6.07) is 0. The van der Waals surface area contributed by atoms with Gasteiger partial charge in [0, 0.05) is 19.3 Å². The van der Waals surface area contributed by atoms with Crippen LogP contribution in [0, 0.1) is 0 Å². The number of likely N-dealkylation sites (N-methyl/N-ethyl adjacent to an activating group) is 1. The predicted molar refractivity (Wildman–Crippen MR) is 47.4 cm³/mol. The summed E-state index contributed by atoms with van der Waals surface area (Å²) in [6.45, 7) is 1.53. The van der Waals surface area contributed by atoms with Gasteiger partial charge in [-0.25, -0.2) is 0 Å². The highest BCUT2D eigenvalue weighted by Crippen LogP contribution is 1.91. The van der Waals surface area contributed by atoms with E-state index in [1.165, 1.54) is 0 Å². The van der Waals surface area contributed by atoms with Crippen LogP contribution in [0.4, 0.5) is 0 Å². The molecule has 1 aliphatic rings. The van der Waals surface area contributed by atoms with Crippen molar-refractivity contribution in [3.8, 4) is 0 Å². The molecule has 0 fully saturated rings. The first kappa shape index (κ1) is 7.85. The van der Waals surface area contributed by atoms with Crippen molar-refractivity contribution in [1.29, 1.82) is 0 Å². The lowest BCUT2D eigenvalue weighted by molar-refractivity contribution is 0.580. The topological polar surface area (TPSA) is 41.6 Å². The van der Waals surface area contributed by atoms with Crippen LogP contribution in [0.25, 0.3) is 0 Å². The lowest BCUT2D eigenvalue weighted by Crippen LogP contribution is -2.15. The van der Waals surface area contributed by atoms with Crippen LogP contribution >= 0.6 is 0 Å². The highest BCUT2D eigenvalue weighted by molar-refractivity contribution is 5.55. The zero-order valence-electron chi connectivity index (χ0n) is 6.70. The van der Waals surface area contributed by atoms with E-state index in [0.717, 1.165) is 12.2 Å². The molecule has 2 N–H and O–H groups in total. The molecule has 0 aliphatic carbocycles. The van der Waals surface area contributed by atoms with Gasteiger partial charge in [-0.15, -0.1) is 0 Å². The van der Waals surface area contributed by atoms with Crippen LogP contribution in [-0.2, 0) is 0 Å². The summed E-state index contributed by atoms with van der Waals surface area (Å²) in [5, 5.41) is 0. The maximum absolute atomic E-state index is 5.60. The van der Waals surface area contributed by atoms with E-state index >= 15 is 0 Å². The molecular formula is C8H13N3. The van der Waals surface area contributed by atoms with Crippen LogP contribution in [0.2, 0.25) is 0 Å². The largest absolute Gasteiger partial charge is 0.399 e. The number of allylic oxidation sites excluding steroid dienone is 1. The molecule has 0 aromatic heterocycles. The first-order chi connectivity index (χ1) is 5.29. The van der Waals surface area contributed by atoms with E-state index < -0.39 is 0 Å². The summed E-state index contributed by atoms with van der Waals surface area (Å²) in [4.78, 5) is 6.13. The Morgan fingerprint density at radius 3 is 3.27 bits per heavy atom. The predicted octanol–water partition coefficient (Wildman–Crippen LogP) is 0.359. The molecule has 0 aromatic rings. The third-order valence-corrected chi connectivity index (χ3v) is 1.41. The molecule has 0 atom stereocenters. The maximum atomic E-state index is 5.60. The minimum absolute atomic E-state index is 0.667. The van der Waals surface area contributed by atoms with Crippen molar-refractivity contribution in [2.45, 2.75) is 0 Å². The molecule has 0 bridgehead atoms. The fourth-order valence-corrected chi connectivity index (χ4v) is 0.815. The fraction of sp³-hybridized carbons (Fsp3) is 0.375. The van der Waals surface area contributed by atoms with Crippen LogP contribution in [-0.4, -0.2) is 31.4 Å². The smallest absolute Gasteiger partial charge is 0.0853 e. The van der Waals surface area contributed by atoms with Crippen molar-refractivity contribution in [2.24, 2.45) is 10.7 Å². The summed E-state index contributed by atoms with van der Waals surface area (Å²) in [5.74, 6) is 0. The number of hydrogen-bond donors (Lipinski definition) is 1. The van der Waals surface area contributed by atoms with Crippen LogP contribution in [0.1, 0.15) is 0 Å². The Morgan fingerprint density at radius 1 is 1.64 bits per heavy atom.